The lowest BCUT2D eigenvalue weighted by Gasteiger charge is -2.41. The molecule has 1 saturated carbocycles. The zero-order valence-electron chi connectivity index (χ0n) is 15.6. The standard InChI is InChI=1S/C22H27NO3/c1-23(2)19-11-4-3-8-16(19)14-17-9-5-6-13-22(17,24)18-10-7-12-20-21(18)26-15-25-20/h3-4,7-8,10-12,17,24H,5-6,9,13-15H2,1-2H3. The molecule has 0 amide bonds. The molecule has 0 saturated heterocycles. The van der Waals surface area contributed by atoms with E-state index in [1.54, 1.807) is 0 Å². The number of anilines is 1. The van der Waals surface area contributed by atoms with Crippen LogP contribution in [0.3, 0.4) is 0 Å². The van der Waals surface area contributed by atoms with Gasteiger partial charge in [-0.2, -0.15) is 0 Å². The second-order valence-corrected chi connectivity index (χ2v) is 7.63. The number of benzene rings is 2. The number of hydrogen-bond donors (Lipinski definition) is 1. The van der Waals surface area contributed by atoms with Crippen LogP contribution < -0.4 is 14.4 Å². The molecule has 0 aromatic heterocycles. The third kappa shape index (κ3) is 2.92. The van der Waals surface area contributed by atoms with Gasteiger partial charge in [-0.25, -0.2) is 0 Å². The molecular formula is C22H27NO3. The molecule has 1 fully saturated rings. The van der Waals surface area contributed by atoms with Crippen molar-refractivity contribution in [2.24, 2.45) is 5.92 Å². The van der Waals surface area contributed by atoms with Gasteiger partial charge in [-0.3, -0.25) is 0 Å². The Bertz CT molecular complexity index is 789. The maximum Gasteiger partial charge on any atom is 0.231 e. The Morgan fingerprint density at radius 3 is 2.77 bits per heavy atom. The Balaban J connectivity index is 1.71. The first-order chi connectivity index (χ1) is 12.6. The first-order valence-corrected chi connectivity index (χ1v) is 9.46. The first-order valence-electron chi connectivity index (χ1n) is 9.46. The van der Waals surface area contributed by atoms with E-state index in [9.17, 15) is 5.11 Å². The molecule has 1 N–H and O–H groups in total. The van der Waals surface area contributed by atoms with Crippen molar-refractivity contribution in [1.29, 1.82) is 0 Å². The molecule has 2 aliphatic rings. The molecule has 0 bridgehead atoms. The van der Waals surface area contributed by atoms with Crippen molar-refractivity contribution in [1.82, 2.24) is 0 Å². The van der Waals surface area contributed by atoms with Gasteiger partial charge in [0.25, 0.3) is 0 Å². The van der Waals surface area contributed by atoms with Gasteiger partial charge in [0.2, 0.25) is 6.79 Å². The lowest BCUT2D eigenvalue weighted by Crippen LogP contribution is -2.39. The molecule has 0 radical (unpaired) electrons. The average Bonchev–Trinajstić information content (AvgIpc) is 3.12. The highest BCUT2D eigenvalue weighted by Gasteiger charge is 2.43. The number of aliphatic hydroxyl groups is 1. The van der Waals surface area contributed by atoms with E-state index in [1.165, 1.54) is 11.3 Å². The van der Waals surface area contributed by atoms with Crippen LogP contribution in [-0.2, 0) is 12.0 Å². The summed E-state index contributed by atoms with van der Waals surface area (Å²) in [5.41, 5.74) is 2.52. The average molecular weight is 353 g/mol. The van der Waals surface area contributed by atoms with E-state index < -0.39 is 5.60 Å². The molecule has 1 heterocycles. The molecule has 4 nitrogen and oxygen atoms in total. The molecule has 4 rings (SSSR count). The van der Waals surface area contributed by atoms with Gasteiger partial charge in [-0.15, -0.1) is 0 Å². The summed E-state index contributed by atoms with van der Waals surface area (Å²) in [5.74, 6) is 1.63. The molecule has 26 heavy (non-hydrogen) atoms. The Labute approximate surface area is 155 Å². The van der Waals surface area contributed by atoms with Crippen LogP contribution in [0.15, 0.2) is 42.5 Å². The van der Waals surface area contributed by atoms with Crippen LogP contribution in [0.4, 0.5) is 5.69 Å². The lowest BCUT2D eigenvalue weighted by molar-refractivity contribution is -0.0557. The zero-order valence-corrected chi connectivity index (χ0v) is 15.6. The highest BCUT2D eigenvalue weighted by atomic mass is 16.7. The fourth-order valence-electron chi connectivity index (χ4n) is 4.51. The van der Waals surface area contributed by atoms with Crippen molar-refractivity contribution in [3.8, 4) is 11.5 Å². The van der Waals surface area contributed by atoms with E-state index in [1.807, 2.05) is 18.2 Å². The van der Waals surface area contributed by atoms with E-state index >= 15 is 0 Å². The largest absolute Gasteiger partial charge is 0.454 e. The number of ether oxygens (including phenoxy) is 2. The van der Waals surface area contributed by atoms with Crippen LogP contribution in [0.25, 0.3) is 0 Å². The Morgan fingerprint density at radius 1 is 1.08 bits per heavy atom. The van der Waals surface area contributed by atoms with Crippen LogP contribution in [0.2, 0.25) is 0 Å². The summed E-state index contributed by atoms with van der Waals surface area (Å²) in [7, 11) is 4.14. The molecule has 4 heteroatoms. The van der Waals surface area contributed by atoms with Crippen molar-refractivity contribution < 1.29 is 14.6 Å². The minimum absolute atomic E-state index is 0.160. The van der Waals surface area contributed by atoms with Crippen molar-refractivity contribution in [2.75, 3.05) is 25.8 Å². The van der Waals surface area contributed by atoms with Gasteiger partial charge in [0, 0.05) is 25.3 Å². The number of para-hydroxylation sites is 2. The predicted molar refractivity (Wildman–Crippen MR) is 103 cm³/mol. The fourth-order valence-corrected chi connectivity index (χ4v) is 4.51. The first kappa shape index (κ1) is 17.2. The van der Waals surface area contributed by atoms with Gasteiger partial charge in [0.05, 0.1) is 5.60 Å². The summed E-state index contributed by atoms with van der Waals surface area (Å²) in [4.78, 5) is 2.15. The molecule has 2 unspecified atom stereocenters. The third-order valence-corrected chi connectivity index (χ3v) is 5.84. The summed E-state index contributed by atoms with van der Waals surface area (Å²) in [5, 5.41) is 11.8. The number of nitrogens with zero attached hydrogens (tertiary/aromatic N) is 1. The monoisotopic (exact) mass is 353 g/mol. The van der Waals surface area contributed by atoms with E-state index in [4.69, 9.17) is 9.47 Å². The SMILES string of the molecule is CN(C)c1ccccc1CC1CCCCC1(O)c1cccc2c1OCO2. The Kier molecular flexibility index (Phi) is 4.53. The van der Waals surface area contributed by atoms with Crippen LogP contribution in [-0.4, -0.2) is 26.0 Å². The summed E-state index contributed by atoms with van der Waals surface area (Å²) in [6.07, 6.45) is 4.83. The third-order valence-electron chi connectivity index (χ3n) is 5.84. The van der Waals surface area contributed by atoms with E-state index in [-0.39, 0.29) is 12.7 Å². The normalized spacial score (nSPS) is 24.5. The van der Waals surface area contributed by atoms with Crippen molar-refractivity contribution in [3.63, 3.8) is 0 Å². The van der Waals surface area contributed by atoms with Gasteiger partial charge in [0.15, 0.2) is 11.5 Å². The summed E-state index contributed by atoms with van der Waals surface area (Å²) in [6.45, 7) is 0.233. The smallest absolute Gasteiger partial charge is 0.231 e. The summed E-state index contributed by atoms with van der Waals surface area (Å²) in [6, 6.07) is 14.4. The van der Waals surface area contributed by atoms with Crippen molar-refractivity contribution in [2.45, 2.75) is 37.7 Å². The quantitative estimate of drug-likeness (QED) is 0.898. The molecule has 2 aromatic rings. The van der Waals surface area contributed by atoms with Crippen LogP contribution >= 0.6 is 0 Å². The summed E-state index contributed by atoms with van der Waals surface area (Å²) < 4.78 is 11.3. The number of hydrogen-bond acceptors (Lipinski definition) is 4. The minimum Gasteiger partial charge on any atom is -0.454 e. The molecule has 0 spiro atoms. The minimum atomic E-state index is -0.878. The van der Waals surface area contributed by atoms with Crippen molar-refractivity contribution in [3.05, 3.63) is 53.6 Å². The Hall–Kier alpha value is -2.20. The van der Waals surface area contributed by atoms with E-state index in [0.29, 0.717) is 0 Å². The van der Waals surface area contributed by atoms with Crippen LogP contribution in [0, 0.1) is 5.92 Å². The lowest BCUT2D eigenvalue weighted by atomic mass is 9.69. The molecule has 138 valence electrons. The van der Waals surface area contributed by atoms with Crippen LogP contribution in [0.1, 0.15) is 36.8 Å². The molecule has 2 atom stereocenters. The second-order valence-electron chi connectivity index (χ2n) is 7.63. The highest BCUT2D eigenvalue weighted by molar-refractivity contribution is 5.54. The van der Waals surface area contributed by atoms with Gasteiger partial charge < -0.3 is 19.5 Å². The van der Waals surface area contributed by atoms with Gasteiger partial charge in [-0.1, -0.05) is 43.2 Å². The van der Waals surface area contributed by atoms with Gasteiger partial charge >= 0.3 is 0 Å². The molecule has 1 aliphatic heterocycles. The number of fused-ring (bicyclic) bond motifs is 1. The molecule has 1 aliphatic carbocycles. The second kappa shape index (κ2) is 6.84. The number of rotatable bonds is 4. The maximum atomic E-state index is 11.8. The molecular weight excluding hydrogens is 326 g/mol. The van der Waals surface area contributed by atoms with E-state index in [0.717, 1.165) is 49.2 Å². The Morgan fingerprint density at radius 2 is 1.92 bits per heavy atom. The summed E-state index contributed by atoms with van der Waals surface area (Å²) >= 11 is 0. The van der Waals surface area contributed by atoms with Gasteiger partial charge in [-0.05, 0) is 42.9 Å². The molecule has 2 aromatic carbocycles. The highest BCUT2D eigenvalue weighted by Crippen LogP contribution is 2.50. The fraction of sp³-hybridized carbons (Fsp3) is 0.455. The van der Waals surface area contributed by atoms with Crippen LogP contribution in [0.5, 0.6) is 11.5 Å². The topological polar surface area (TPSA) is 41.9 Å². The predicted octanol–water partition coefficient (Wildman–Crippen LogP) is 4.10. The van der Waals surface area contributed by atoms with Crippen molar-refractivity contribution >= 4 is 5.69 Å². The van der Waals surface area contributed by atoms with E-state index in [2.05, 4.69) is 43.3 Å². The zero-order chi connectivity index (χ0) is 18.1. The maximum absolute atomic E-state index is 11.8. The van der Waals surface area contributed by atoms with Gasteiger partial charge in [0.1, 0.15) is 0 Å².